The van der Waals surface area contributed by atoms with Crippen LogP contribution in [-0.2, 0) is 12.8 Å². The Hall–Kier alpha value is -3.80. The smallest absolute Gasteiger partial charge is 0.253 e. The van der Waals surface area contributed by atoms with E-state index in [1.165, 1.54) is 5.56 Å². The molecule has 6 nitrogen and oxygen atoms in total. The summed E-state index contributed by atoms with van der Waals surface area (Å²) in [7, 11) is 1.66. The van der Waals surface area contributed by atoms with E-state index in [1.54, 1.807) is 7.11 Å². The number of amides is 2. The fraction of sp³-hybridized carbons (Fsp3) is 0.333. The second kappa shape index (κ2) is 12.2. The van der Waals surface area contributed by atoms with Crippen molar-refractivity contribution in [3.63, 3.8) is 0 Å². The lowest BCUT2D eigenvalue weighted by molar-refractivity contribution is 0.0929. The third-order valence-electron chi connectivity index (χ3n) is 6.82. The topological polar surface area (TPSA) is 70.7 Å². The lowest BCUT2D eigenvalue weighted by atomic mass is 10.0. The molecule has 0 bridgehead atoms. The van der Waals surface area contributed by atoms with Crippen molar-refractivity contribution in [2.24, 2.45) is 0 Å². The quantitative estimate of drug-likeness (QED) is 0.464. The Labute approximate surface area is 213 Å². The number of hydrogen-bond acceptors (Lipinski definition) is 4. The van der Waals surface area contributed by atoms with Gasteiger partial charge in [-0.25, -0.2) is 0 Å². The maximum Gasteiger partial charge on any atom is 0.253 e. The number of ether oxygens (including phenoxy) is 1. The monoisotopic (exact) mass is 485 g/mol. The zero-order valence-electron chi connectivity index (χ0n) is 21.1. The van der Waals surface area contributed by atoms with Crippen LogP contribution < -0.4 is 20.3 Å². The number of piperidine rings is 1. The minimum atomic E-state index is -0.0774. The first-order chi connectivity index (χ1) is 17.6. The number of benzene rings is 3. The summed E-state index contributed by atoms with van der Waals surface area (Å²) < 4.78 is 5.41. The summed E-state index contributed by atoms with van der Waals surface area (Å²) in [6, 6.07) is 23.5. The molecule has 2 N–H and O–H groups in total. The van der Waals surface area contributed by atoms with Crippen LogP contribution in [0, 0.1) is 0 Å². The van der Waals surface area contributed by atoms with Gasteiger partial charge in [-0.05, 0) is 67.1 Å². The number of methoxy groups -OCH3 is 1. The van der Waals surface area contributed by atoms with Crippen molar-refractivity contribution in [2.75, 3.05) is 31.6 Å². The predicted octanol–water partition coefficient (Wildman–Crippen LogP) is 4.63. The Morgan fingerprint density at radius 1 is 0.917 bits per heavy atom. The molecule has 1 heterocycles. The Balaban J connectivity index is 1.31. The van der Waals surface area contributed by atoms with Crippen LogP contribution in [0.15, 0.2) is 72.8 Å². The highest BCUT2D eigenvalue weighted by atomic mass is 16.5. The first-order valence-corrected chi connectivity index (χ1v) is 12.7. The van der Waals surface area contributed by atoms with Crippen LogP contribution in [0.4, 0.5) is 5.69 Å². The van der Waals surface area contributed by atoms with Crippen LogP contribution in [-0.4, -0.2) is 44.6 Å². The normalized spacial score (nSPS) is 13.8. The molecular weight excluding hydrogens is 450 g/mol. The second-order valence-electron chi connectivity index (χ2n) is 9.12. The third kappa shape index (κ3) is 6.25. The van der Waals surface area contributed by atoms with E-state index in [0.717, 1.165) is 49.4 Å². The number of aryl methyl sites for hydroxylation is 1. The molecule has 0 atom stereocenters. The second-order valence-corrected chi connectivity index (χ2v) is 9.12. The van der Waals surface area contributed by atoms with Gasteiger partial charge in [0.2, 0.25) is 0 Å². The van der Waals surface area contributed by atoms with Crippen molar-refractivity contribution >= 4 is 17.5 Å². The lowest BCUT2D eigenvalue weighted by Gasteiger charge is -2.35. The van der Waals surface area contributed by atoms with Gasteiger partial charge in [-0.3, -0.25) is 9.59 Å². The summed E-state index contributed by atoms with van der Waals surface area (Å²) >= 11 is 0. The Bertz CT molecular complexity index is 1170. The van der Waals surface area contributed by atoms with E-state index in [2.05, 4.69) is 22.5 Å². The average Bonchev–Trinajstić information content (AvgIpc) is 2.93. The number of nitrogens with zero attached hydrogens (tertiary/aromatic N) is 1. The Morgan fingerprint density at radius 2 is 1.61 bits per heavy atom. The van der Waals surface area contributed by atoms with E-state index in [9.17, 15) is 9.59 Å². The molecule has 1 fully saturated rings. The maximum atomic E-state index is 13.0. The van der Waals surface area contributed by atoms with Gasteiger partial charge >= 0.3 is 0 Å². The zero-order valence-corrected chi connectivity index (χ0v) is 21.1. The molecule has 1 aliphatic heterocycles. The molecule has 4 rings (SSSR count). The fourth-order valence-corrected chi connectivity index (χ4v) is 4.68. The molecule has 188 valence electrons. The summed E-state index contributed by atoms with van der Waals surface area (Å²) in [5, 5.41) is 6.24. The van der Waals surface area contributed by atoms with E-state index in [4.69, 9.17) is 4.74 Å². The van der Waals surface area contributed by atoms with Crippen molar-refractivity contribution < 1.29 is 14.3 Å². The molecule has 0 radical (unpaired) electrons. The van der Waals surface area contributed by atoms with Crippen LogP contribution in [0.5, 0.6) is 5.75 Å². The maximum absolute atomic E-state index is 13.0. The van der Waals surface area contributed by atoms with Gasteiger partial charge in [0.1, 0.15) is 5.75 Å². The molecule has 6 heteroatoms. The summed E-state index contributed by atoms with van der Waals surface area (Å²) in [5.41, 5.74) is 4.61. The highest BCUT2D eigenvalue weighted by Gasteiger charge is 2.24. The van der Waals surface area contributed by atoms with Gasteiger partial charge in [-0.15, -0.1) is 0 Å². The van der Waals surface area contributed by atoms with Crippen molar-refractivity contribution in [2.45, 2.75) is 38.6 Å². The van der Waals surface area contributed by atoms with Gasteiger partial charge < -0.3 is 20.3 Å². The van der Waals surface area contributed by atoms with E-state index in [-0.39, 0.29) is 17.9 Å². The van der Waals surface area contributed by atoms with E-state index < -0.39 is 0 Å². The Kier molecular flexibility index (Phi) is 8.61. The molecular formula is C30H35N3O3. The summed E-state index contributed by atoms with van der Waals surface area (Å²) in [4.78, 5) is 27.9. The standard InChI is InChI=1S/C30H35N3O3/c1-3-22-12-14-24(15-13-22)29(34)32-25-17-20-33(21-18-25)27-10-6-5-9-26(27)30(35)31-19-16-23-8-4-7-11-28(23)36-2/h4-15,25H,3,16-21H2,1-2H3,(H,31,35)(H,32,34). The lowest BCUT2D eigenvalue weighted by Crippen LogP contribution is -2.45. The highest BCUT2D eigenvalue weighted by molar-refractivity contribution is 6.00. The third-order valence-corrected chi connectivity index (χ3v) is 6.82. The van der Waals surface area contributed by atoms with Gasteiger partial charge in [-0.1, -0.05) is 49.4 Å². The van der Waals surface area contributed by atoms with Gasteiger partial charge in [-0.2, -0.15) is 0 Å². The fourth-order valence-electron chi connectivity index (χ4n) is 4.68. The molecule has 36 heavy (non-hydrogen) atoms. The van der Waals surface area contributed by atoms with Gasteiger partial charge in [0.15, 0.2) is 0 Å². The van der Waals surface area contributed by atoms with Crippen molar-refractivity contribution in [3.05, 3.63) is 95.1 Å². The molecule has 0 aliphatic carbocycles. The van der Waals surface area contributed by atoms with Gasteiger partial charge in [0.25, 0.3) is 11.8 Å². The molecule has 2 amide bonds. The molecule has 1 aliphatic rings. The number of hydrogen-bond donors (Lipinski definition) is 2. The van der Waals surface area contributed by atoms with Gasteiger partial charge in [0.05, 0.1) is 12.7 Å². The minimum absolute atomic E-state index is 0.0223. The highest BCUT2D eigenvalue weighted by Crippen LogP contribution is 2.25. The number of para-hydroxylation sites is 2. The molecule has 3 aromatic rings. The molecule has 0 spiro atoms. The van der Waals surface area contributed by atoms with E-state index in [0.29, 0.717) is 24.1 Å². The summed E-state index contributed by atoms with van der Waals surface area (Å²) in [6.45, 7) is 4.20. The number of carbonyl (C=O) groups is 2. The van der Waals surface area contributed by atoms with E-state index >= 15 is 0 Å². The molecule has 0 unspecified atom stereocenters. The van der Waals surface area contributed by atoms with Crippen LogP contribution >= 0.6 is 0 Å². The number of anilines is 1. The minimum Gasteiger partial charge on any atom is -0.496 e. The van der Waals surface area contributed by atoms with Crippen LogP contribution in [0.25, 0.3) is 0 Å². The van der Waals surface area contributed by atoms with Crippen LogP contribution in [0.2, 0.25) is 0 Å². The van der Waals surface area contributed by atoms with Gasteiger partial charge in [0, 0.05) is 36.9 Å². The Morgan fingerprint density at radius 3 is 2.33 bits per heavy atom. The van der Waals surface area contributed by atoms with Crippen LogP contribution in [0.1, 0.15) is 51.6 Å². The van der Waals surface area contributed by atoms with Crippen LogP contribution in [0.3, 0.4) is 0 Å². The average molecular weight is 486 g/mol. The molecule has 0 aromatic heterocycles. The molecule has 0 saturated carbocycles. The van der Waals surface area contributed by atoms with Crippen molar-refractivity contribution in [3.8, 4) is 5.75 Å². The summed E-state index contributed by atoms with van der Waals surface area (Å²) in [5.74, 6) is 0.734. The molecule has 3 aromatic carbocycles. The number of nitrogens with one attached hydrogen (secondary N) is 2. The summed E-state index contributed by atoms with van der Waals surface area (Å²) in [6.07, 6.45) is 3.33. The number of carbonyl (C=O) groups excluding carboxylic acids is 2. The SMILES string of the molecule is CCc1ccc(C(=O)NC2CCN(c3ccccc3C(=O)NCCc3ccccc3OC)CC2)cc1. The predicted molar refractivity (Wildman–Crippen MR) is 144 cm³/mol. The first kappa shape index (κ1) is 25.3. The van der Waals surface area contributed by atoms with Crippen molar-refractivity contribution in [1.82, 2.24) is 10.6 Å². The zero-order chi connectivity index (χ0) is 25.3. The largest absolute Gasteiger partial charge is 0.496 e. The van der Waals surface area contributed by atoms with Crippen molar-refractivity contribution in [1.29, 1.82) is 0 Å². The first-order valence-electron chi connectivity index (χ1n) is 12.7. The number of rotatable bonds is 9. The molecule has 1 saturated heterocycles. The van der Waals surface area contributed by atoms with E-state index in [1.807, 2.05) is 72.8 Å².